The van der Waals surface area contributed by atoms with Crippen LogP contribution in [0.4, 0.5) is 0 Å². The first-order valence-corrected chi connectivity index (χ1v) is 9.71. The average molecular weight is 433 g/mol. The molecule has 3 rings (SSSR count). The minimum Gasteiger partial charge on any atom is -0.496 e. The summed E-state index contributed by atoms with van der Waals surface area (Å²) in [6.07, 6.45) is 3.34. The van der Waals surface area contributed by atoms with E-state index < -0.39 is 11.8 Å². The molecule has 0 unspecified atom stereocenters. The highest BCUT2D eigenvalue weighted by Gasteiger charge is 2.15. The third kappa shape index (κ3) is 5.04. The number of rotatable bonds is 6. The summed E-state index contributed by atoms with van der Waals surface area (Å²) in [6, 6.07) is 8.28. The summed E-state index contributed by atoms with van der Waals surface area (Å²) in [5.41, 5.74) is 5.78. The van der Waals surface area contributed by atoms with Gasteiger partial charge in [-0.1, -0.05) is 23.4 Å². The van der Waals surface area contributed by atoms with Crippen LogP contribution in [0.3, 0.4) is 0 Å². The standard InChI is InChI=1S/C18H17ClN6O3S/c1-25-16(11-5-7-20-8-6-11)22-24-18(25)29-10-15(26)21-23-17(27)13-9-12(19)3-4-14(13)28-2/h3-9H,10H2,1-2H3,(H,21,26)(H,23,27). The molecule has 1 aromatic carbocycles. The van der Waals surface area contributed by atoms with Crippen LogP contribution in [-0.2, 0) is 11.8 Å². The Morgan fingerprint density at radius 3 is 2.66 bits per heavy atom. The molecule has 2 N–H and O–H groups in total. The van der Waals surface area contributed by atoms with Crippen molar-refractivity contribution < 1.29 is 14.3 Å². The fraction of sp³-hybridized carbons (Fsp3) is 0.167. The number of amides is 2. The van der Waals surface area contributed by atoms with Crippen LogP contribution < -0.4 is 15.6 Å². The lowest BCUT2D eigenvalue weighted by Crippen LogP contribution is -2.42. The maximum atomic E-state index is 12.3. The highest BCUT2D eigenvalue weighted by Crippen LogP contribution is 2.23. The number of carbonyl (C=O) groups is 2. The van der Waals surface area contributed by atoms with Crippen molar-refractivity contribution in [2.75, 3.05) is 12.9 Å². The number of halogens is 1. The van der Waals surface area contributed by atoms with Gasteiger partial charge in [0.25, 0.3) is 5.91 Å². The molecule has 0 aliphatic rings. The van der Waals surface area contributed by atoms with Crippen molar-refractivity contribution in [2.24, 2.45) is 7.05 Å². The van der Waals surface area contributed by atoms with Crippen LogP contribution in [-0.4, -0.2) is 44.4 Å². The number of aromatic nitrogens is 4. The van der Waals surface area contributed by atoms with Gasteiger partial charge in [-0.15, -0.1) is 10.2 Å². The van der Waals surface area contributed by atoms with E-state index in [9.17, 15) is 9.59 Å². The molecular formula is C18H17ClN6O3S. The summed E-state index contributed by atoms with van der Waals surface area (Å²) in [5.74, 6) is 0.101. The summed E-state index contributed by atoms with van der Waals surface area (Å²) in [6.45, 7) is 0. The Labute approximate surface area is 175 Å². The van der Waals surface area contributed by atoms with Crippen LogP contribution in [0.2, 0.25) is 5.02 Å². The normalized spacial score (nSPS) is 10.4. The molecule has 0 fully saturated rings. The number of nitrogens with zero attached hydrogens (tertiary/aromatic N) is 4. The maximum Gasteiger partial charge on any atom is 0.273 e. The van der Waals surface area contributed by atoms with Crippen LogP contribution in [0.1, 0.15) is 10.4 Å². The Balaban J connectivity index is 1.55. The summed E-state index contributed by atoms with van der Waals surface area (Å²) < 4.78 is 6.91. The minimum atomic E-state index is -0.540. The van der Waals surface area contributed by atoms with Crippen LogP contribution in [0.25, 0.3) is 11.4 Å². The van der Waals surface area contributed by atoms with Gasteiger partial charge in [0.2, 0.25) is 5.91 Å². The highest BCUT2D eigenvalue weighted by atomic mass is 35.5. The predicted molar refractivity (Wildman–Crippen MR) is 109 cm³/mol. The Morgan fingerprint density at radius 2 is 1.93 bits per heavy atom. The Hall–Kier alpha value is -3.11. The quantitative estimate of drug-likeness (QED) is 0.453. The van der Waals surface area contributed by atoms with Gasteiger partial charge in [-0.25, -0.2) is 0 Å². The Bertz CT molecular complexity index is 1030. The number of nitrogens with one attached hydrogen (secondary N) is 2. The molecule has 0 atom stereocenters. The van der Waals surface area contributed by atoms with Gasteiger partial charge in [-0.05, 0) is 30.3 Å². The number of benzene rings is 1. The van der Waals surface area contributed by atoms with Gasteiger partial charge in [0.15, 0.2) is 11.0 Å². The van der Waals surface area contributed by atoms with Gasteiger partial charge in [-0.2, -0.15) is 0 Å². The maximum absolute atomic E-state index is 12.3. The van der Waals surface area contributed by atoms with E-state index in [1.165, 1.54) is 24.9 Å². The first-order valence-electron chi connectivity index (χ1n) is 8.35. The topological polar surface area (TPSA) is 111 Å². The predicted octanol–water partition coefficient (Wildman–Crippen LogP) is 2.09. The number of hydrogen-bond acceptors (Lipinski definition) is 7. The monoisotopic (exact) mass is 432 g/mol. The largest absolute Gasteiger partial charge is 0.496 e. The lowest BCUT2D eigenvalue weighted by molar-refractivity contribution is -0.119. The van der Waals surface area contributed by atoms with Crippen LogP contribution in [0, 0.1) is 0 Å². The SMILES string of the molecule is COc1ccc(Cl)cc1C(=O)NNC(=O)CSc1nnc(-c2ccncc2)n1C. The van der Waals surface area contributed by atoms with Gasteiger partial charge in [-0.3, -0.25) is 25.4 Å². The molecule has 11 heteroatoms. The molecule has 0 bridgehead atoms. The molecule has 150 valence electrons. The number of ether oxygens (including phenoxy) is 1. The summed E-state index contributed by atoms with van der Waals surface area (Å²) in [7, 11) is 3.25. The van der Waals surface area contributed by atoms with Gasteiger partial charge in [0, 0.05) is 30.0 Å². The Morgan fingerprint density at radius 1 is 1.17 bits per heavy atom. The molecule has 0 aliphatic carbocycles. The van der Waals surface area contributed by atoms with Gasteiger partial charge < -0.3 is 9.30 Å². The summed E-state index contributed by atoms with van der Waals surface area (Å²) in [4.78, 5) is 28.3. The van der Waals surface area contributed by atoms with Crippen molar-refractivity contribution in [3.05, 3.63) is 53.3 Å². The molecule has 29 heavy (non-hydrogen) atoms. The number of methoxy groups -OCH3 is 1. The molecule has 0 aliphatic heterocycles. The second kappa shape index (κ2) is 9.39. The molecule has 0 saturated carbocycles. The van der Waals surface area contributed by atoms with Crippen LogP contribution in [0.5, 0.6) is 5.75 Å². The summed E-state index contributed by atoms with van der Waals surface area (Å²) in [5, 5.41) is 9.18. The van der Waals surface area contributed by atoms with E-state index in [1.807, 2.05) is 19.2 Å². The number of carbonyl (C=O) groups excluding carboxylic acids is 2. The van der Waals surface area contributed by atoms with E-state index in [2.05, 4.69) is 26.0 Å². The highest BCUT2D eigenvalue weighted by molar-refractivity contribution is 7.99. The second-order valence-corrected chi connectivity index (χ2v) is 7.12. The molecule has 0 radical (unpaired) electrons. The molecule has 0 spiro atoms. The average Bonchev–Trinajstić information content (AvgIpc) is 3.11. The minimum absolute atomic E-state index is 0.0370. The van der Waals surface area contributed by atoms with Crippen molar-refractivity contribution in [3.63, 3.8) is 0 Å². The van der Waals surface area contributed by atoms with Crippen molar-refractivity contribution in [2.45, 2.75) is 5.16 Å². The first kappa shape index (κ1) is 20.6. The first-order chi connectivity index (χ1) is 14.0. The van der Waals surface area contributed by atoms with Crippen molar-refractivity contribution in [3.8, 4) is 17.1 Å². The molecular weight excluding hydrogens is 416 g/mol. The van der Waals surface area contributed by atoms with E-state index >= 15 is 0 Å². The second-order valence-electron chi connectivity index (χ2n) is 5.74. The van der Waals surface area contributed by atoms with E-state index in [4.69, 9.17) is 16.3 Å². The molecule has 2 heterocycles. The molecule has 0 saturated heterocycles. The Kier molecular flexibility index (Phi) is 6.68. The van der Waals surface area contributed by atoms with E-state index in [1.54, 1.807) is 29.1 Å². The van der Waals surface area contributed by atoms with E-state index in [0.29, 0.717) is 21.8 Å². The number of hydrogen-bond donors (Lipinski definition) is 2. The van der Waals surface area contributed by atoms with Crippen molar-refractivity contribution >= 4 is 35.2 Å². The molecule has 2 aromatic heterocycles. The van der Waals surface area contributed by atoms with Crippen molar-refractivity contribution in [1.82, 2.24) is 30.6 Å². The van der Waals surface area contributed by atoms with Gasteiger partial charge >= 0.3 is 0 Å². The number of pyridine rings is 1. The third-order valence-corrected chi connectivity index (χ3v) is 5.08. The van der Waals surface area contributed by atoms with Gasteiger partial charge in [0.05, 0.1) is 18.4 Å². The molecule has 9 nitrogen and oxygen atoms in total. The number of thioether (sulfide) groups is 1. The lowest BCUT2D eigenvalue weighted by atomic mass is 10.2. The van der Waals surface area contributed by atoms with Crippen LogP contribution in [0.15, 0.2) is 47.9 Å². The smallest absolute Gasteiger partial charge is 0.273 e. The fourth-order valence-electron chi connectivity index (χ4n) is 2.41. The van der Waals surface area contributed by atoms with Crippen molar-refractivity contribution in [1.29, 1.82) is 0 Å². The molecule has 2 amide bonds. The molecule has 3 aromatic rings. The van der Waals surface area contributed by atoms with Crippen LogP contribution >= 0.6 is 23.4 Å². The third-order valence-electron chi connectivity index (χ3n) is 3.83. The zero-order valence-corrected chi connectivity index (χ0v) is 17.1. The summed E-state index contributed by atoms with van der Waals surface area (Å²) >= 11 is 7.11. The number of hydrazine groups is 1. The zero-order chi connectivity index (χ0) is 20.8. The fourth-order valence-corrected chi connectivity index (χ4v) is 3.29. The van der Waals surface area contributed by atoms with Gasteiger partial charge in [0.1, 0.15) is 5.75 Å². The van der Waals surface area contributed by atoms with E-state index in [-0.39, 0.29) is 11.3 Å². The van der Waals surface area contributed by atoms with E-state index in [0.717, 1.165) is 5.56 Å². The lowest BCUT2D eigenvalue weighted by Gasteiger charge is -2.10. The zero-order valence-electron chi connectivity index (χ0n) is 15.5.